The Labute approximate surface area is 73.0 Å². The fourth-order valence-corrected chi connectivity index (χ4v) is 1.74. The third-order valence-corrected chi connectivity index (χ3v) is 2.78. The first-order valence-electron chi connectivity index (χ1n) is 3.47. The molecule has 0 aromatic heterocycles. The normalized spacial score (nSPS) is 12.0. The highest BCUT2D eigenvalue weighted by Crippen LogP contribution is 2.18. The van der Waals surface area contributed by atoms with E-state index in [4.69, 9.17) is 5.11 Å². The fraction of sp³-hybridized carbons (Fsp3) is 1.00. The molecule has 1 nitrogen and oxygen atoms in total. The SMILES string of the molecule is CC(C)(S)CSCCCO. The molecule has 0 amide bonds. The van der Waals surface area contributed by atoms with Gasteiger partial charge in [-0.3, -0.25) is 0 Å². The molecule has 0 spiro atoms. The number of aliphatic hydroxyl groups is 1. The van der Waals surface area contributed by atoms with E-state index < -0.39 is 0 Å². The molecular weight excluding hydrogens is 164 g/mol. The van der Waals surface area contributed by atoms with Crippen molar-refractivity contribution in [1.82, 2.24) is 0 Å². The lowest BCUT2D eigenvalue weighted by atomic mass is 10.2. The van der Waals surface area contributed by atoms with Gasteiger partial charge in [-0.15, -0.1) is 0 Å². The quantitative estimate of drug-likeness (QED) is 0.497. The molecule has 0 unspecified atom stereocenters. The third kappa shape index (κ3) is 8.66. The van der Waals surface area contributed by atoms with E-state index in [0.29, 0.717) is 6.61 Å². The molecule has 62 valence electrons. The van der Waals surface area contributed by atoms with Gasteiger partial charge in [-0.2, -0.15) is 24.4 Å². The van der Waals surface area contributed by atoms with Gasteiger partial charge in [0.25, 0.3) is 0 Å². The van der Waals surface area contributed by atoms with E-state index in [0.717, 1.165) is 17.9 Å². The van der Waals surface area contributed by atoms with Crippen molar-refractivity contribution in [3.8, 4) is 0 Å². The Balaban J connectivity index is 3.04. The van der Waals surface area contributed by atoms with Crippen molar-refractivity contribution in [2.24, 2.45) is 0 Å². The maximum atomic E-state index is 8.46. The standard InChI is InChI=1S/C7H16OS2/c1-7(2,9)6-10-5-3-4-8/h8-9H,3-6H2,1-2H3. The molecule has 0 aliphatic rings. The molecule has 0 heterocycles. The highest BCUT2D eigenvalue weighted by molar-refractivity contribution is 8.00. The van der Waals surface area contributed by atoms with Gasteiger partial charge in [0.2, 0.25) is 0 Å². The molecule has 0 saturated heterocycles. The van der Waals surface area contributed by atoms with Crippen molar-refractivity contribution in [3.05, 3.63) is 0 Å². The van der Waals surface area contributed by atoms with E-state index in [1.165, 1.54) is 0 Å². The lowest BCUT2D eigenvalue weighted by molar-refractivity contribution is 0.296. The molecule has 0 fully saturated rings. The van der Waals surface area contributed by atoms with Crippen LogP contribution >= 0.6 is 24.4 Å². The van der Waals surface area contributed by atoms with Gasteiger partial charge in [0, 0.05) is 17.1 Å². The molecule has 0 aromatic carbocycles. The van der Waals surface area contributed by atoms with Crippen LogP contribution in [0.2, 0.25) is 0 Å². The summed E-state index contributed by atoms with van der Waals surface area (Å²) in [6.07, 6.45) is 0.897. The Morgan fingerprint density at radius 3 is 2.50 bits per heavy atom. The molecule has 0 bridgehead atoms. The number of hydrogen-bond donors (Lipinski definition) is 2. The largest absolute Gasteiger partial charge is 0.396 e. The Hall–Kier alpha value is 0.660. The first kappa shape index (κ1) is 10.7. The van der Waals surface area contributed by atoms with E-state index in [-0.39, 0.29) is 4.75 Å². The molecule has 10 heavy (non-hydrogen) atoms. The summed E-state index contributed by atoms with van der Waals surface area (Å²) in [5.41, 5.74) is 0. The van der Waals surface area contributed by atoms with Gasteiger partial charge in [-0.1, -0.05) is 13.8 Å². The van der Waals surface area contributed by atoms with Crippen LogP contribution in [0, 0.1) is 0 Å². The highest BCUT2D eigenvalue weighted by Gasteiger charge is 2.09. The summed E-state index contributed by atoms with van der Waals surface area (Å²) < 4.78 is 0.125. The summed E-state index contributed by atoms with van der Waals surface area (Å²) >= 11 is 6.22. The summed E-state index contributed by atoms with van der Waals surface area (Å²) in [4.78, 5) is 0. The Bertz CT molecular complexity index is 78.2. The van der Waals surface area contributed by atoms with Gasteiger partial charge in [-0.05, 0) is 12.2 Å². The predicted octanol–water partition coefficient (Wildman–Crippen LogP) is 1.81. The minimum Gasteiger partial charge on any atom is -0.396 e. The van der Waals surface area contributed by atoms with Gasteiger partial charge in [-0.25, -0.2) is 0 Å². The summed E-state index contributed by atoms with van der Waals surface area (Å²) in [7, 11) is 0. The van der Waals surface area contributed by atoms with Crippen LogP contribution in [0.3, 0.4) is 0 Å². The van der Waals surface area contributed by atoms with E-state index in [1.807, 2.05) is 11.8 Å². The summed E-state index contributed by atoms with van der Waals surface area (Å²) in [5.74, 6) is 2.09. The number of hydrogen-bond acceptors (Lipinski definition) is 3. The molecule has 0 atom stereocenters. The van der Waals surface area contributed by atoms with Crippen LogP contribution in [-0.4, -0.2) is 28.0 Å². The number of thioether (sulfide) groups is 1. The third-order valence-electron chi connectivity index (χ3n) is 0.902. The van der Waals surface area contributed by atoms with Crippen LogP contribution in [0.5, 0.6) is 0 Å². The van der Waals surface area contributed by atoms with Crippen LogP contribution < -0.4 is 0 Å². The first-order chi connectivity index (χ1) is 4.56. The zero-order valence-corrected chi connectivity index (χ0v) is 8.34. The Morgan fingerprint density at radius 1 is 1.50 bits per heavy atom. The first-order valence-corrected chi connectivity index (χ1v) is 5.07. The van der Waals surface area contributed by atoms with Crippen molar-refractivity contribution in [2.75, 3.05) is 18.1 Å². The van der Waals surface area contributed by atoms with Crippen LogP contribution in [0.1, 0.15) is 20.3 Å². The van der Waals surface area contributed by atoms with Crippen LogP contribution in [0.15, 0.2) is 0 Å². The van der Waals surface area contributed by atoms with Gasteiger partial charge in [0.15, 0.2) is 0 Å². The second-order valence-corrected chi connectivity index (χ2v) is 5.26. The lowest BCUT2D eigenvalue weighted by Gasteiger charge is -2.15. The maximum absolute atomic E-state index is 8.46. The monoisotopic (exact) mass is 180 g/mol. The molecule has 0 saturated carbocycles. The smallest absolute Gasteiger partial charge is 0.0438 e. The van der Waals surface area contributed by atoms with Gasteiger partial charge < -0.3 is 5.11 Å². The Kier molecular flexibility index (Phi) is 5.68. The molecule has 0 aliphatic carbocycles. The maximum Gasteiger partial charge on any atom is 0.0438 e. The van der Waals surface area contributed by atoms with Crippen molar-refractivity contribution < 1.29 is 5.11 Å². The number of rotatable bonds is 5. The van der Waals surface area contributed by atoms with Crippen molar-refractivity contribution in [2.45, 2.75) is 25.0 Å². The summed E-state index contributed by atoms with van der Waals surface area (Å²) in [5, 5.41) is 8.46. The molecule has 0 radical (unpaired) electrons. The lowest BCUT2D eigenvalue weighted by Crippen LogP contribution is -2.14. The van der Waals surface area contributed by atoms with Crippen LogP contribution in [0.25, 0.3) is 0 Å². The van der Waals surface area contributed by atoms with Crippen molar-refractivity contribution in [3.63, 3.8) is 0 Å². The molecule has 0 aliphatic heterocycles. The second-order valence-electron chi connectivity index (χ2n) is 2.94. The second kappa shape index (κ2) is 5.33. The van der Waals surface area contributed by atoms with Gasteiger partial charge >= 0.3 is 0 Å². The summed E-state index contributed by atoms with van der Waals surface area (Å²) in [6, 6.07) is 0. The molecular formula is C7H16OS2. The molecule has 3 heteroatoms. The van der Waals surface area contributed by atoms with E-state index >= 15 is 0 Å². The van der Waals surface area contributed by atoms with E-state index in [2.05, 4.69) is 26.5 Å². The minimum atomic E-state index is 0.125. The average Bonchev–Trinajstić information content (AvgIpc) is 1.78. The topological polar surface area (TPSA) is 20.2 Å². The molecule has 0 rings (SSSR count). The zero-order valence-electron chi connectivity index (χ0n) is 6.63. The van der Waals surface area contributed by atoms with E-state index in [1.54, 1.807) is 0 Å². The summed E-state index contributed by atoms with van der Waals surface area (Å²) in [6.45, 7) is 4.50. The Morgan fingerprint density at radius 2 is 2.10 bits per heavy atom. The van der Waals surface area contributed by atoms with Crippen LogP contribution in [-0.2, 0) is 0 Å². The van der Waals surface area contributed by atoms with E-state index in [9.17, 15) is 0 Å². The highest BCUT2D eigenvalue weighted by atomic mass is 32.2. The predicted molar refractivity (Wildman–Crippen MR) is 52.1 cm³/mol. The zero-order chi connectivity index (χ0) is 8.04. The van der Waals surface area contributed by atoms with Gasteiger partial charge in [0.05, 0.1) is 0 Å². The van der Waals surface area contributed by atoms with Crippen molar-refractivity contribution in [1.29, 1.82) is 0 Å². The molecule has 0 aromatic rings. The van der Waals surface area contributed by atoms with Crippen molar-refractivity contribution >= 4 is 24.4 Å². The molecule has 1 N–H and O–H groups in total. The average molecular weight is 180 g/mol. The number of thiol groups is 1. The van der Waals surface area contributed by atoms with Gasteiger partial charge in [0.1, 0.15) is 0 Å². The number of aliphatic hydroxyl groups excluding tert-OH is 1. The fourth-order valence-electron chi connectivity index (χ4n) is 0.489. The minimum absolute atomic E-state index is 0.125. The van der Waals surface area contributed by atoms with Crippen LogP contribution in [0.4, 0.5) is 0 Å².